The van der Waals surface area contributed by atoms with Gasteiger partial charge in [-0.1, -0.05) is 33.1 Å². The molecule has 1 aromatic carbocycles. The molecule has 1 heterocycles. The Kier molecular flexibility index (Phi) is 7.48. The van der Waals surface area contributed by atoms with Crippen molar-refractivity contribution in [1.29, 1.82) is 5.26 Å². The summed E-state index contributed by atoms with van der Waals surface area (Å²) in [5, 5.41) is 9.16. The lowest BCUT2D eigenvalue weighted by molar-refractivity contribution is -0.141. The third-order valence-electron chi connectivity index (χ3n) is 4.75. The van der Waals surface area contributed by atoms with Crippen molar-refractivity contribution in [2.45, 2.75) is 59.3 Å². The maximum Gasteiger partial charge on any atom is 0.331 e. The maximum absolute atomic E-state index is 12.1. The number of ether oxygens (including phenoxy) is 1. The van der Waals surface area contributed by atoms with Crippen LogP contribution < -0.4 is 4.74 Å². The molecule has 0 radical (unpaired) electrons. The van der Waals surface area contributed by atoms with E-state index in [9.17, 15) is 4.79 Å². The molecule has 2 rings (SSSR count). The van der Waals surface area contributed by atoms with Gasteiger partial charge in [-0.2, -0.15) is 5.26 Å². The van der Waals surface area contributed by atoms with E-state index in [1.807, 2.05) is 30.6 Å². The molecule has 0 bridgehead atoms. The summed E-state index contributed by atoms with van der Waals surface area (Å²) in [4.78, 5) is 21.0. The first kappa shape index (κ1) is 20.6. The van der Waals surface area contributed by atoms with E-state index in [-0.39, 0.29) is 0 Å². The van der Waals surface area contributed by atoms with Gasteiger partial charge in [0.05, 0.1) is 6.07 Å². The summed E-state index contributed by atoms with van der Waals surface area (Å²) < 4.78 is 5.33. The van der Waals surface area contributed by atoms with Gasteiger partial charge < -0.3 is 4.74 Å². The normalized spacial score (nSPS) is 12.8. The van der Waals surface area contributed by atoms with Gasteiger partial charge in [0, 0.05) is 18.0 Å². The van der Waals surface area contributed by atoms with Gasteiger partial charge in [-0.15, -0.1) is 0 Å². The molecule has 0 aliphatic carbocycles. The molecule has 1 aromatic heterocycles. The largest absolute Gasteiger partial charge is 0.425 e. The predicted molar refractivity (Wildman–Crippen MR) is 105 cm³/mol. The first-order valence-electron chi connectivity index (χ1n) is 9.57. The van der Waals surface area contributed by atoms with Crippen LogP contribution in [0.4, 0.5) is 0 Å². The highest BCUT2D eigenvalue weighted by molar-refractivity contribution is 5.81. The van der Waals surface area contributed by atoms with Crippen LogP contribution in [-0.4, -0.2) is 15.9 Å². The van der Waals surface area contributed by atoms with E-state index in [1.165, 1.54) is 19.3 Å². The number of unbranched alkanes of at least 4 members (excludes halogenated alkanes) is 3. The highest BCUT2D eigenvalue weighted by Gasteiger charge is 2.33. The Morgan fingerprint density at radius 2 is 1.78 bits per heavy atom. The second-order valence-electron chi connectivity index (χ2n) is 6.94. The lowest BCUT2D eigenvalue weighted by Crippen LogP contribution is -2.29. The molecule has 0 N–H and O–H groups in total. The molecule has 0 amide bonds. The second kappa shape index (κ2) is 9.82. The van der Waals surface area contributed by atoms with Gasteiger partial charge in [-0.05, 0) is 56.0 Å². The van der Waals surface area contributed by atoms with Crippen molar-refractivity contribution in [1.82, 2.24) is 9.97 Å². The molecule has 0 saturated heterocycles. The van der Waals surface area contributed by atoms with Gasteiger partial charge in [0.2, 0.25) is 0 Å². The minimum Gasteiger partial charge on any atom is -0.425 e. The van der Waals surface area contributed by atoms with Gasteiger partial charge in [-0.25, -0.2) is 14.8 Å². The van der Waals surface area contributed by atoms with Crippen LogP contribution in [0.5, 0.6) is 5.75 Å². The molecule has 5 heteroatoms. The zero-order valence-electron chi connectivity index (χ0n) is 16.4. The number of esters is 1. The van der Waals surface area contributed by atoms with Crippen LogP contribution >= 0.6 is 0 Å². The van der Waals surface area contributed by atoms with E-state index >= 15 is 0 Å². The van der Waals surface area contributed by atoms with Gasteiger partial charge in [0.1, 0.15) is 5.75 Å². The van der Waals surface area contributed by atoms with Crippen molar-refractivity contribution in [3.05, 3.63) is 42.2 Å². The third-order valence-corrected chi connectivity index (χ3v) is 4.75. The summed E-state index contributed by atoms with van der Waals surface area (Å²) in [5.41, 5.74) is 0.871. The smallest absolute Gasteiger partial charge is 0.331 e. The van der Waals surface area contributed by atoms with Gasteiger partial charge in [0.25, 0.3) is 0 Å². The predicted octanol–water partition coefficient (Wildman–Crippen LogP) is 5.11. The van der Waals surface area contributed by atoms with Gasteiger partial charge in [0.15, 0.2) is 11.2 Å². The van der Waals surface area contributed by atoms with E-state index in [2.05, 4.69) is 16.9 Å². The van der Waals surface area contributed by atoms with Crippen molar-refractivity contribution in [3.8, 4) is 23.2 Å². The fourth-order valence-corrected chi connectivity index (χ4v) is 2.55. The van der Waals surface area contributed by atoms with E-state index in [0.717, 1.165) is 24.0 Å². The Morgan fingerprint density at radius 3 is 2.33 bits per heavy atom. The lowest BCUT2D eigenvalue weighted by Gasteiger charge is -2.17. The average Bonchev–Trinajstić information content (AvgIpc) is 2.71. The summed E-state index contributed by atoms with van der Waals surface area (Å²) in [5.74, 6) is 0.510. The Hall–Kier alpha value is -2.74. The third kappa shape index (κ3) is 5.62. The van der Waals surface area contributed by atoms with Gasteiger partial charge >= 0.3 is 5.97 Å². The molecule has 0 aliphatic rings. The van der Waals surface area contributed by atoms with Crippen molar-refractivity contribution in [2.75, 3.05) is 0 Å². The number of nitriles is 1. The van der Waals surface area contributed by atoms with Crippen molar-refractivity contribution in [2.24, 2.45) is 5.41 Å². The van der Waals surface area contributed by atoms with E-state index < -0.39 is 11.4 Å². The molecule has 27 heavy (non-hydrogen) atoms. The molecule has 1 unspecified atom stereocenters. The Bertz CT molecular complexity index is 779. The summed E-state index contributed by atoms with van der Waals surface area (Å²) in [6.07, 6.45) is 10.1. The molecule has 0 aliphatic heterocycles. The van der Waals surface area contributed by atoms with E-state index in [4.69, 9.17) is 10.00 Å². The van der Waals surface area contributed by atoms with Crippen molar-refractivity contribution >= 4 is 5.97 Å². The van der Waals surface area contributed by atoms with Crippen molar-refractivity contribution in [3.63, 3.8) is 0 Å². The first-order chi connectivity index (χ1) is 13.0. The fourth-order valence-electron chi connectivity index (χ4n) is 2.55. The molecule has 0 fully saturated rings. The average molecular weight is 365 g/mol. The number of aryl methyl sites for hydroxylation is 1. The lowest BCUT2D eigenvalue weighted by atomic mass is 9.90. The Morgan fingerprint density at radius 1 is 1.11 bits per heavy atom. The number of hydrogen-bond donors (Lipinski definition) is 0. The molecule has 142 valence electrons. The number of rotatable bonds is 9. The standard InChI is InChI=1S/C22H27N3O2/c1-4-6-7-8-9-17-14-24-20(25-15-17)18-10-12-19(13-11-18)27-21(26)22(3,5-2)16-23/h10-15H,4-9H2,1-3H3. The SMILES string of the molecule is CCCCCCc1cnc(-c2ccc(OC(=O)C(C)(C#N)CC)cc2)nc1. The number of aromatic nitrogens is 2. The number of hydrogen-bond acceptors (Lipinski definition) is 5. The monoisotopic (exact) mass is 365 g/mol. The van der Waals surface area contributed by atoms with E-state index in [0.29, 0.717) is 18.0 Å². The number of carbonyl (C=O) groups is 1. The maximum atomic E-state index is 12.1. The summed E-state index contributed by atoms with van der Waals surface area (Å²) >= 11 is 0. The molecule has 5 nitrogen and oxygen atoms in total. The summed E-state index contributed by atoms with van der Waals surface area (Å²) in [6.45, 7) is 5.58. The molecule has 0 saturated carbocycles. The molecule has 0 spiro atoms. The molecule has 1 atom stereocenters. The van der Waals surface area contributed by atoms with Crippen LogP contribution in [0.3, 0.4) is 0 Å². The fraction of sp³-hybridized carbons (Fsp3) is 0.455. The molecular weight excluding hydrogens is 338 g/mol. The highest BCUT2D eigenvalue weighted by atomic mass is 16.5. The van der Waals surface area contributed by atoms with Crippen LogP contribution in [0.15, 0.2) is 36.7 Å². The molecule has 2 aromatic rings. The number of benzene rings is 1. The quantitative estimate of drug-likeness (QED) is 0.350. The minimum absolute atomic E-state index is 0.402. The number of nitrogens with zero attached hydrogens (tertiary/aromatic N) is 3. The first-order valence-corrected chi connectivity index (χ1v) is 9.57. The van der Waals surface area contributed by atoms with Crippen LogP contribution in [0.25, 0.3) is 11.4 Å². The van der Waals surface area contributed by atoms with Crippen LogP contribution in [0.2, 0.25) is 0 Å². The second-order valence-corrected chi connectivity index (χ2v) is 6.94. The van der Waals surface area contributed by atoms with Crippen molar-refractivity contribution < 1.29 is 9.53 Å². The van der Waals surface area contributed by atoms with E-state index in [1.54, 1.807) is 26.0 Å². The van der Waals surface area contributed by atoms with Gasteiger partial charge in [-0.3, -0.25) is 0 Å². The minimum atomic E-state index is -1.13. The Labute approximate surface area is 161 Å². The Balaban J connectivity index is 1.99. The van der Waals surface area contributed by atoms with Crippen LogP contribution in [0.1, 0.15) is 58.4 Å². The summed E-state index contributed by atoms with van der Waals surface area (Å²) in [7, 11) is 0. The van der Waals surface area contributed by atoms with Crippen LogP contribution in [-0.2, 0) is 11.2 Å². The topological polar surface area (TPSA) is 75.9 Å². The summed E-state index contributed by atoms with van der Waals surface area (Å²) in [6, 6.07) is 9.04. The zero-order chi connectivity index (χ0) is 19.7. The van der Waals surface area contributed by atoms with Crippen LogP contribution in [0, 0.1) is 16.7 Å². The highest BCUT2D eigenvalue weighted by Crippen LogP contribution is 2.25. The zero-order valence-corrected chi connectivity index (χ0v) is 16.4. The number of carbonyl (C=O) groups excluding carboxylic acids is 1. The molecular formula is C22H27N3O2.